The number of nitrogens with zero attached hydrogens (tertiary/aromatic N) is 5. The van der Waals surface area contributed by atoms with Gasteiger partial charge in [-0.15, -0.1) is 5.10 Å². The van der Waals surface area contributed by atoms with Crippen LogP contribution < -0.4 is 5.32 Å². The molecule has 0 saturated carbocycles. The largest absolute Gasteiger partial charge is 0.406 e. The Kier molecular flexibility index (Phi) is 3.96. The maximum atomic E-state index is 12.4. The van der Waals surface area contributed by atoms with E-state index in [4.69, 9.17) is 4.42 Å². The molecular weight excluding hydrogens is 313 g/mol. The third kappa shape index (κ3) is 3.84. The van der Waals surface area contributed by atoms with Gasteiger partial charge in [-0.2, -0.15) is 13.2 Å². The van der Waals surface area contributed by atoms with Crippen LogP contribution in [0.1, 0.15) is 5.82 Å². The van der Waals surface area contributed by atoms with E-state index in [1.165, 1.54) is 12.4 Å². The predicted octanol–water partition coefficient (Wildman–Crippen LogP) is 2.50. The van der Waals surface area contributed by atoms with Gasteiger partial charge in [0.25, 0.3) is 0 Å². The molecule has 0 aliphatic heterocycles. The SMILES string of the molecule is FC(F)(F)Cn1ccnc1CNc1nnc(-c2ccncc2)o1. The molecule has 120 valence electrons. The highest BCUT2D eigenvalue weighted by molar-refractivity contribution is 5.51. The third-order valence-electron chi connectivity index (χ3n) is 2.90. The molecule has 0 spiro atoms. The first-order valence-electron chi connectivity index (χ1n) is 6.56. The van der Waals surface area contributed by atoms with Crippen molar-refractivity contribution in [1.82, 2.24) is 24.7 Å². The summed E-state index contributed by atoms with van der Waals surface area (Å²) in [5.41, 5.74) is 0.694. The van der Waals surface area contributed by atoms with E-state index in [0.29, 0.717) is 5.56 Å². The van der Waals surface area contributed by atoms with E-state index in [0.717, 1.165) is 4.57 Å². The van der Waals surface area contributed by atoms with Crippen molar-refractivity contribution in [1.29, 1.82) is 0 Å². The topological polar surface area (TPSA) is 81.7 Å². The van der Waals surface area contributed by atoms with Crippen molar-refractivity contribution in [2.75, 3.05) is 5.32 Å². The quantitative estimate of drug-likeness (QED) is 0.776. The molecule has 3 heterocycles. The molecule has 3 rings (SSSR count). The first kappa shape index (κ1) is 15.0. The van der Waals surface area contributed by atoms with Gasteiger partial charge in [-0.3, -0.25) is 4.98 Å². The minimum atomic E-state index is -4.31. The van der Waals surface area contributed by atoms with Crippen molar-refractivity contribution < 1.29 is 17.6 Å². The number of nitrogens with one attached hydrogen (secondary N) is 1. The standard InChI is InChI=1S/C13H11F3N6O/c14-13(15,16)8-22-6-5-18-10(22)7-19-12-21-20-11(23-12)9-1-3-17-4-2-9/h1-6H,7-8H2,(H,19,21). The van der Waals surface area contributed by atoms with Crippen molar-refractivity contribution in [2.24, 2.45) is 0 Å². The molecular formula is C13H11F3N6O. The third-order valence-corrected chi connectivity index (χ3v) is 2.90. The number of hydrogen-bond acceptors (Lipinski definition) is 6. The summed E-state index contributed by atoms with van der Waals surface area (Å²) in [5, 5.41) is 10.4. The maximum absolute atomic E-state index is 12.4. The van der Waals surface area contributed by atoms with Crippen molar-refractivity contribution in [3.8, 4) is 11.5 Å². The first-order chi connectivity index (χ1) is 11.0. The lowest BCUT2D eigenvalue weighted by Gasteiger charge is -2.10. The summed E-state index contributed by atoms with van der Waals surface area (Å²) < 4.78 is 43.7. The highest BCUT2D eigenvalue weighted by atomic mass is 19.4. The van der Waals surface area contributed by atoms with E-state index >= 15 is 0 Å². The van der Waals surface area contributed by atoms with Crippen molar-refractivity contribution in [3.05, 3.63) is 42.7 Å². The second kappa shape index (κ2) is 6.07. The molecule has 0 unspecified atom stereocenters. The summed E-state index contributed by atoms with van der Waals surface area (Å²) in [6.45, 7) is -1.07. The second-order valence-corrected chi connectivity index (χ2v) is 4.59. The van der Waals surface area contributed by atoms with Gasteiger partial charge in [-0.25, -0.2) is 4.98 Å². The predicted molar refractivity (Wildman–Crippen MR) is 73.1 cm³/mol. The monoisotopic (exact) mass is 324 g/mol. The lowest BCUT2D eigenvalue weighted by atomic mass is 10.3. The molecule has 0 aliphatic carbocycles. The van der Waals surface area contributed by atoms with E-state index in [1.807, 2.05) is 0 Å². The average Bonchev–Trinajstić information content (AvgIpc) is 3.14. The highest BCUT2D eigenvalue weighted by Crippen LogP contribution is 2.20. The zero-order chi connectivity index (χ0) is 16.3. The molecule has 3 aromatic rings. The van der Waals surface area contributed by atoms with Crippen LogP contribution in [0.25, 0.3) is 11.5 Å². The van der Waals surface area contributed by atoms with Crippen LogP contribution in [0.2, 0.25) is 0 Å². The van der Waals surface area contributed by atoms with Crippen LogP contribution in [0.15, 0.2) is 41.3 Å². The highest BCUT2D eigenvalue weighted by Gasteiger charge is 2.28. The Labute approximate surface area is 128 Å². The summed E-state index contributed by atoms with van der Waals surface area (Å²) >= 11 is 0. The van der Waals surface area contributed by atoms with Crippen molar-refractivity contribution >= 4 is 6.01 Å². The average molecular weight is 324 g/mol. The van der Waals surface area contributed by atoms with Crippen molar-refractivity contribution in [3.63, 3.8) is 0 Å². The van der Waals surface area contributed by atoms with Gasteiger partial charge in [0.05, 0.1) is 6.54 Å². The Hall–Kier alpha value is -2.91. The van der Waals surface area contributed by atoms with Crippen LogP contribution in [0, 0.1) is 0 Å². The van der Waals surface area contributed by atoms with Gasteiger partial charge in [-0.1, -0.05) is 5.10 Å². The van der Waals surface area contributed by atoms with E-state index in [9.17, 15) is 13.2 Å². The second-order valence-electron chi connectivity index (χ2n) is 4.59. The number of anilines is 1. The Morgan fingerprint density at radius 3 is 2.65 bits per heavy atom. The maximum Gasteiger partial charge on any atom is 0.406 e. The van der Waals surface area contributed by atoms with Crippen LogP contribution in [0.4, 0.5) is 19.2 Å². The molecule has 0 aliphatic rings. The molecule has 0 saturated heterocycles. The summed E-state index contributed by atoms with van der Waals surface area (Å²) in [5.74, 6) is 0.500. The number of aromatic nitrogens is 5. The Morgan fingerprint density at radius 2 is 1.91 bits per heavy atom. The molecule has 0 amide bonds. The Bertz CT molecular complexity index is 767. The lowest BCUT2D eigenvalue weighted by Crippen LogP contribution is -2.20. The summed E-state index contributed by atoms with van der Waals surface area (Å²) in [6.07, 6.45) is 1.43. The normalized spacial score (nSPS) is 11.6. The zero-order valence-corrected chi connectivity index (χ0v) is 11.7. The molecule has 0 bridgehead atoms. The van der Waals surface area contributed by atoms with E-state index in [-0.39, 0.29) is 24.3 Å². The van der Waals surface area contributed by atoms with Crippen LogP contribution in [0.3, 0.4) is 0 Å². The minimum Gasteiger partial charge on any atom is -0.403 e. The van der Waals surface area contributed by atoms with Crippen molar-refractivity contribution in [2.45, 2.75) is 19.3 Å². The lowest BCUT2D eigenvalue weighted by molar-refractivity contribution is -0.141. The molecule has 10 heteroatoms. The molecule has 23 heavy (non-hydrogen) atoms. The number of hydrogen-bond donors (Lipinski definition) is 1. The van der Waals surface area contributed by atoms with E-state index in [2.05, 4.69) is 25.5 Å². The molecule has 0 fully saturated rings. The minimum absolute atomic E-state index is 0.0288. The van der Waals surface area contributed by atoms with Gasteiger partial charge in [0.15, 0.2) is 0 Å². The van der Waals surface area contributed by atoms with Crippen LogP contribution in [-0.4, -0.2) is 30.9 Å². The Morgan fingerprint density at radius 1 is 1.13 bits per heavy atom. The van der Waals surface area contributed by atoms with Gasteiger partial charge < -0.3 is 14.3 Å². The molecule has 1 N–H and O–H groups in total. The van der Waals surface area contributed by atoms with Crippen LogP contribution in [-0.2, 0) is 13.1 Å². The fraction of sp³-hybridized carbons (Fsp3) is 0.231. The smallest absolute Gasteiger partial charge is 0.403 e. The van der Waals surface area contributed by atoms with Gasteiger partial charge in [0.2, 0.25) is 5.89 Å². The fourth-order valence-electron chi connectivity index (χ4n) is 1.90. The molecule has 0 radical (unpaired) electrons. The summed E-state index contributed by atoms with van der Waals surface area (Å²) in [7, 11) is 0. The van der Waals surface area contributed by atoms with Gasteiger partial charge in [0.1, 0.15) is 12.4 Å². The van der Waals surface area contributed by atoms with Crippen LogP contribution in [0.5, 0.6) is 0 Å². The number of rotatable bonds is 5. The number of alkyl halides is 3. The molecule has 0 aromatic carbocycles. The van der Waals surface area contributed by atoms with Gasteiger partial charge in [-0.05, 0) is 12.1 Å². The van der Waals surface area contributed by atoms with Gasteiger partial charge >= 0.3 is 12.2 Å². The van der Waals surface area contributed by atoms with E-state index < -0.39 is 12.7 Å². The molecule has 3 aromatic heterocycles. The summed E-state index contributed by atoms with van der Waals surface area (Å²) in [4.78, 5) is 7.76. The van der Waals surface area contributed by atoms with E-state index in [1.54, 1.807) is 24.5 Å². The molecule has 0 atom stereocenters. The number of halogens is 3. The zero-order valence-electron chi connectivity index (χ0n) is 11.7. The van der Waals surface area contributed by atoms with Crippen LogP contribution >= 0.6 is 0 Å². The van der Waals surface area contributed by atoms with Gasteiger partial charge in [0, 0.05) is 30.4 Å². The summed E-state index contributed by atoms with van der Waals surface area (Å²) in [6, 6.07) is 3.50. The number of imidazole rings is 1. The Balaban J connectivity index is 1.66. The first-order valence-corrected chi connectivity index (χ1v) is 6.56. The number of pyridine rings is 1. The molecule has 7 nitrogen and oxygen atoms in total. The fourth-order valence-corrected chi connectivity index (χ4v) is 1.90.